The van der Waals surface area contributed by atoms with E-state index in [0.29, 0.717) is 43.6 Å². The van der Waals surface area contributed by atoms with Crippen LogP contribution in [0.5, 0.6) is 11.5 Å². The van der Waals surface area contributed by atoms with Gasteiger partial charge in [0.1, 0.15) is 5.75 Å². The van der Waals surface area contributed by atoms with Crippen molar-refractivity contribution in [2.75, 3.05) is 0 Å². The smallest absolute Gasteiger partial charge is 0.335 e. The van der Waals surface area contributed by atoms with E-state index in [9.17, 15) is 14.4 Å². The van der Waals surface area contributed by atoms with Gasteiger partial charge in [-0.3, -0.25) is 4.79 Å². The Morgan fingerprint density at radius 3 is 2.00 bits per heavy atom. The summed E-state index contributed by atoms with van der Waals surface area (Å²) in [5.41, 5.74) is 2.47. The minimum Gasteiger partial charge on any atom is -0.422 e. The Bertz CT molecular complexity index is 1650. The van der Waals surface area contributed by atoms with Crippen LogP contribution in [0.1, 0.15) is 38.5 Å². The average Bonchev–Trinajstić information content (AvgIpc) is 2.92. The van der Waals surface area contributed by atoms with Crippen LogP contribution in [0, 0.1) is 0 Å². The van der Waals surface area contributed by atoms with Gasteiger partial charge in [0, 0.05) is 50.6 Å². The Hall–Kier alpha value is -4.19. The molecule has 0 fully saturated rings. The summed E-state index contributed by atoms with van der Waals surface area (Å²) in [5.74, 6) is -2.01. The van der Waals surface area contributed by atoms with Gasteiger partial charge in [0.2, 0.25) is 0 Å². The molecule has 0 bridgehead atoms. The van der Waals surface area contributed by atoms with Crippen molar-refractivity contribution in [3.63, 3.8) is 0 Å². The molecule has 1 aliphatic carbocycles. The van der Waals surface area contributed by atoms with Gasteiger partial charge in [-0.05, 0) is 23.3 Å². The topological polar surface area (TPSA) is 69.7 Å². The van der Waals surface area contributed by atoms with E-state index in [1.165, 1.54) is 0 Å². The maximum absolute atomic E-state index is 13.4. The molecule has 7 heteroatoms. The van der Waals surface area contributed by atoms with Crippen LogP contribution in [-0.4, -0.2) is 17.7 Å². The molecular formula is C30H18Cl2O5. The number of esters is 2. The van der Waals surface area contributed by atoms with Gasteiger partial charge >= 0.3 is 11.9 Å². The molecule has 0 spiro atoms. The molecule has 1 aliphatic rings. The lowest BCUT2D eigenvalue weighted by atomic mass is 9.73. The molecule has 0 aliphatic heterocycles. The van der Waals surface area contributed by atoms with Gasteiger partial charge in [-0.15, -0.1) is 0 Å². The molecule has 1 atom stereocenters. The molecule has 0 saturated carbocycles. The Morgan fingerprint density at radius 1 is 0.757 bits per heavy atom. The van der Waals surface area contributed by atoms with Gasteiger partial charge in [0.15, 0.2) is 11.5 Å². The fourth-order valence-electron chi connectivity index (χ4n) is 4.67. The van der Waals surface area contributed by atoms with Gasteiger partial charge in [-0.1, -0.05) is 91.0 Å². The van der Waals surface area contributed by atoms with Crippen molar-refractivity contribution in [2.45, 2.75) is 5.92 Å². The van der Waals surface area contributed by atoms with Gasteiger partial charge in [-0.25, -0.2) is 9.59 Å². The molecule has 5 rings (SSSR count). The van der Waals surface area contributed by atoms with Crippen LogP contribution in [0.15, 0.2) is 92.0 Å². The Labute approximate surface area is 222 Å². The van der Waals surface area contributed by atoms with Crippen LogP contribution in [-0.2, 0) is 9.59 Å². The first kappa shape index (κ1) is 24.5. The third-order valence-electron chi connectivity index (χ3n) is 6.21. The molecule has 4 aromatic rings. The Morgan fingerprint density at radius 2 is 1.32 bits per heavy atom. The first-order valence-electron chi connectivity index (χ1n) is 11.2. The first-order valence-corrected chi connectivity index (χ1v) is 12.0. The summed E-state index contributed by atoms with van der Waals surface area (Å²) in [5, 5.41) is 1.38. The van der Waals surface area contributed by atoms with Crippen molar-refractivity contribution in [2.24, 2.45) is 0 Å². The van der Waals surface area contributed by atoms with E-state index in [2.05, 4.69) is 13.2 Å². The number of ether oxygens (including phenoxy) is 2. The summed E-state index contributed by atoms with van der Waals surface area (Å²) in [6.45, 7) is 6.99. The zero-order valence-corrected chi connectivity index (χ0v) is 20.8. The SMILES string of the molecule is C=CC(=O)Oc1c(Cl)c(C2c3ccccc3C(=O)c3cc(Cl)ccc32)c(OC(=O)C=C)c2ccccc12. The zero-order chi connectivity index (χ0) is 26.3. The summed E-state index contributed by atoms with van der Waals surface area (Å²) in [6.07, 6.45) is 2.08. The number of carbonyl (C=O) groups excluding carboxylic acids is 3. The molecule has 0 amide bonds. The lowest BCUT2D eigenvalue weighted by molar-refractivity contribution is -0.130. The lowest BCUT2D eigenvalue weighted by Gasteiger charge is -2.31. The second kappa shape index (κ2) is 9.69. The maximum atomic E-state index is 13.4. The first-order chi connectivity index (χ1) is 17.8. The molecule has 5 nitrogen and oxygen atoms in total. The summed E-state index contributed by atoms with van der Waals surface area (Å²) < 4.78 is 11.4. The molecule has 0 heterocycles. The third-order valence-corrected chi connectivity index (χ3v) is 6.82. The number of fused-ring (bicyclic) bond motifs is 3. The van der Waals surface area contributed by atoms with E-state index in [1.54, 1.807) is 54.6 Å². The summed E-state index contributed by atoms with van der Waals surface area (Å²) in [6, 6.07) is 19.1. The second-order valence-corrected chi connectivity index (χ2v) is 9.08. The number of hydrogen-bond acceptors (Lipinski definition) is 5. The van der Waals surface area contributed by atoms with Gasteiger partial charge in [-0.2, -0.15) is 0 Å². The molecule has 1 unspecified atom stereocenters. The van der Waals surface area contributed by atoms with Crippen molar-refractivity contribution >= 4 is 51.7 Å². The largest absolute Gasteiger partial charge is 0.422 e. The number of benzene rings is 4. The molecular weight excluding hydrogens is 511 g/mol. The molecule has 182 valence electrons. The number of hydrogen-bond donors (Lipinski definition) is 0. The summed E-state index contributed by atoms with van der Waals surface area (Å²) >= 11 is 13.3. The highest BCUT2D eigenvalue weighted by molar-refractivity contribution is 6.35. The predicted octanol–water partition coefficient (Wildman–Crippen LogP) is 7.05. The number of halogens is 2. The minimum atomic E-state index is -0.708. The summed E-state index contributed by atoms with van der Waals surface area (Å²) in [7, 11) is 0. The van der Waals surface area contributed by atoms with Gasteiger partial charge in [0.05, 0.1) is 5.02 Å². The molecule has 4 aromatic carbocycles. The summed E-state index contributed by atoms with van der Waals surface area (Å²) in [4.78, 5) is 38.2. The average molecular weight is 529 g/mol. The van der Waals surface area contributed by atoms with E-state index in [0.717, 1.165) is 12.2 Å². The third kappa shape index (κ3) is 4.12. The van der Waals surface area contributed by atoms with E-state index in [-0.39, 0.29) is 22.3 Å². The molecule has 0 aromatic heterocycles. The standard InChI is InChI=1S/C30H18Cl2O5/c1-3-23(33)36-29-20-11-7-8-12-21(20)30(37-24(34)4-2)27(32)26(29)25-17-9-5-6-10-19(17)28(35)22-15-16(31)13-14-18(22)25/h3-15,25H,1-2H2. The minimum absolute atomic E-state index is 0.0517. The van der Waals surface area contributed by atoms with Crippen LogP contribution in [0.25, 0.3) is 10.8 Å². The van der Waals surface area contributed by atoms with Crippen LogP contribution >= 0.6 is 23.2 Å². The van der Waals surface area contributed by atoms with E-state index < -0.39 is 17.9 Å². The fraction of sp³-hybridized carbons (Fsp3) is 0.0333. The van der Waals surface area contributed by atoms with Crippen LogP contribution < -0.4 is 9.47 Å². The second-order valence-electron chi connectivity index (χ2n) is 8.26. The number of ketones is 1. The maximum Gasteiger partial charge on any atom is 0.335 e. The lowest BCUT2D eigenvalue weighted by Crippen LogP contribution is -2.22. The Balaban J connectivity index is 1.94. The zero-order valence-electron chi connectivity index (χ0n) is 19.3. The van der Waals surface area contributed by atoms with E-state index >= 15 is 0 Å². The highest BCUT2D eigenvalue weighted by Gasteiger charge is 2.37. The molecule has 0 radical (unpaired) electrons. The van der Waals surface area contributed by atoms with Crippen molar-refractivity contribution in [3.05, 3.63) is 130 Å². The number of carbonyl (C=O) groups is 3. The van der Waals surface area contributed by atoms with Crippen LogP contribution in [0.3, 0.4) is 0 Å². The van der Waals surface area contributed by atoms with Crippen molar-refractivity contribution in [1.29, 1.82) is 0 Å². The van der Waals surface area contributed by atoms with E-state index in [4.69, 9.17) is 32.7 Å². The van der Waals surface area contributed by atoms with Gasteiger partial charge in [0.25, 0.3) is 0 Å². The van der Waals surface area contributed by atoms with E-state index in [1.807, 2.05) is 12.1 Å². The molecule has 37 heavy (non-hydrogen) atoms. The normalized spacial score (nSPS) is 13.9. The number of rotatable bonds is 5. The van der Waals surface area contributed by atoms with Gasteiger partial charge < -0.3 is 9.47 Å². The molecule has 0 N–H and O–H groups in total. The highest BCUT2D eigenvalue weighted by atomic mass is 35.5. The van der Waals surface area contributed by atoms with Crippen LogP contribution in [0.2, 0.25) is 10.0 Å². The fourth-order valence-corrected chi connectivity index (χ4v) is 5.18. The van der Waals surface area contributed by atoms with Crippen molar-refractivity contribution < 1.29 is 23.9 Å². The van der Waals surface area contributed by atoms with Crippen molar-refractivity contribution in [3.8, 4) is 11.5 Å². The predicted molar refractivity (Wildman–Crippen MR) is 143 cm³/mol. The highest BCUT2D eigenvalue weighted by Crippen LogP contribution is 2.53. The quantitative estimate of drug-likeness (QED) is 0.139. The van der Waals surface area contributed by atoms with Crippen LogP contribution in [0.4, 0.5) is 0 Å². The monoisotopic (exact) mass is 528 g/mol. The van der Waals surface area contributed by atoms with Crippen molar-refractivity contribution in [1.82, 2.24) is 0 Å². The Kier molecular flexibility index (Phi) is 6.42. The molecule has 0 saturated heterocycles.